The summed E-state index contributed by atoms with van der Waals surface area (Å²) in [6.07, 6.45) is 0. The second kappa shape index (κ2) is 6.58. The van der Waals surface area contributed by atoms with Gasteiger partial charge in [0.15, 0.2) is 0 Å². The monoisotopic (exact) mass is 362 g/mol. The average molecular weight is 362 g/mol. The summed E-state index contributed by atoms with van der Waals surface area (Å²) < 4.78 is 2.29. The van der Waals surface area contributed by atoms with Gasteiger partial charge in [-0.1, -0.05) is 72.8 Å². The summed E-state index contributed by atoms with van der Waals surface area (Å²) in [5.41, 5.74) is 7.44. The first-order chi connectivity index (χ1) is 13.7. The Balaban J connectivity index is 1.81. The number of hydrogen-bond acceptors (Lipinski definition) is 1. The van der Waals surface area contributed by atoms with Crippen LogP contribution >= 0.6 is 0 Å². The molecule has 0 spiro atoms. The number of fused-ring (bicyclic) bond motifs is 3. The highest BCUT2D eigenvalue weighted by Gasteiger charge is 2.14. The van der Waals surface area contributed by atoms with E-state index in [1.807, 2.05) is 0 Å². The van der Waals surface area contributed by atoms with Crippen LogP contribution in [0.25, 0.3) is 44.1 Å². The highest BCUT2D eigenvalue weighted by Crippen LogP contribution is 2.35. The standard InChI is InChI=1S/C26H22N2/c1-27(2)28-25-15-13-21(19-9-5-3-6-10-19)17-23(25)24-18-22(14-16-26(24)28)20-11-7-4-8-12-20/h3-18H,1-2H3. The average Bonchev–Trinajstić information content (AvgIpc) is 3.08. The molecule has 28 heavy (non-hydrogen) atoms. The van der Waals surface area contributed by atoms with Gasteiger partial charge in [0.25, 0.3) is 0 Å². The third-order valence-electron chi connectivity index (χ3n) is 5.35. The zero-order valence-corrected chi connectivity index (χ0v) is 16.1. The van der Waals surface area contributed by atoms with Gasteiger partial charge < -0.3 is 5.01 Å². The molecule has 5 rings (SSSR count). The molecule has 0 N–H and O–H groups in total. The molecule has 0 aliphatic heterocycles. The van der Waals surface area contributed by atoms with Crippen LogP contribution in [-0.2, 0) is 0 Å². The van der Waals surface area contributed by atoms with E-state index < -0.39 is 0 Å². The van der Waals surface area contributed by atoms with Crippen LogP contribution < -0.4 is 5.01 Å². The van der Waals surface area contributed by atoms with E-state index in [1.54, 1.807) is 0 Å². The molecule has 0 radical (unpaired) electrons. The van der Waals surface area contributed by atoms with Gasteiger partial charge in [-0.3, -0.25) is 4.68 Å². The van der Waals surface area contributed by atoms with E-state index in [-0.39, 0.29) is 0 Å². The van der Waals surface area contributed by atoms with Crippen molar-refractivity contribution in [2.75, 3.05) is 19.1 Å². The van der Waals surface area contributed by atoms with Crippen LogP contribution in [0.1, 0.15) is 0 Å². The summed E-state index contributed by atoms with van der Waals surface area (Å²) in [5.74, 6) is 0. The molecule has 4 aromatic carbocycles. The maximum absolute atomic E-state index is 2.32. The second-order valence-corrected chi connectivity index (χ2v) is 7.35. The SMILES string of the molecule is CN(C)n1c2ccc(-c3ccccc3)cc2c2cc(-c3ccccc3)ccc21. The van der Waals surface area contributed by atoms with Gasteiger partial charge in [0.05, 0.1) is 11.0 Å². The highest BCUT2D eigenvalue weighted by atomic mass is 15.5. The summed E-state index contributed by atoms with van der Waals surface area (Å²) >= 11 is 0. The Hall–Kier alpha value is -3.52. The van der Waals surface area contributed by atoms with Crippen LogP contribution in [0.4, 0.5) is 0 Å². The molecule has 0 unspecified atom stereocenters. The maximum atomic E-state index is 2.32. The molecule has 0 atom stereocenters. The van der Waals surface area contributed by atoms with Crippen molar-refractivity contribution in [2.45, 2.75) is 0 Å². The molecule has 0 saturated carbocycles. The molecule has 2 nitrogen and oxygen atoms in total. The fraction of sp³-hybridized carbons (Fsp3) is 0.0769. The number of benzene rings is 4. The van der Waals surface area contributed by atoms with E-state index in [0.29, 0.717) is 0 Å². The quantitative estimate of drug-likeness (QED) is 0.364. The van der Waals surface area contributed by atoms with Crippen LogP contribution in [0.2, 0.25) is 0 Å². The molecule has 0 fully saturated rings. The summed E-state index contributed by atoms with van der Waals surface area (Å²) in [6.45, 7) is 0. The Labute approximate surface area is 165 Å². The molecule has 1 aromatic heterocycles. The molecule has 0 bridgehead atoms. The number of aromatic nitrogens is 1. The normalized spacial score (nSPS) is 11.2. The molecule has 2 heteroatoms. The first-order valence-electron chi connectivity index (χ1n) is 9.59. The molecule has 0 saturated heterocycles. The van der Waals surface area contributed by atoms with Crippen LogP contribution in [-0.4, -0.2) is 18.8 Å². The van der Waals surface area contributed by atoms with Gasteiger partial charge in [-0.25, -0.2) is 0 Å². The lowest BCUT2D eigenvalue weighted by Crippen LogP contribution is -2.24. The van der Waals surface area contributed by atoms with Gasteiger partial charge in [-0.15, -0.1) is 0 Å². The predicted octanol–water partition coefficient (Wildman–Crippen LogP) is 6.33. The number of rotatable bonds is 3. The largest absolute Gasteiger partial charge is 0.318 e. The summed E-state index contributed by atoms with van der Waals surface area (Å²) in [5, 5.41) is 4.71. The molecule has 0 aliphatic rings. The van der Waals surface area contributed by atoms with Gasteiger partial charge in [0, 0.05) is 24.9 Å². The Morgan fingerprint density at radius 3 is 1.32 bits per heavy atom. The van der Waals surface area contributed by atoms with Crippen molar-refractivity contribution in [2.24, 2.45) is 0 Å². The minimum Gasteiger partial charge on any atom is -0.318 e. The van der Waals surface area contributed by atoms with Crippen molar-refractivity contribution < 1.29 is 0 Å². The van der Waals surface area contributed by atoms with E-state index in [1.165, 1.54) is 44.1 Å². The van der Waals surface area contributed by atoms with Crippen LogP contribution in [0.15, 0.2) is 97.1 Å². The Bertz CT molecular complexity index is 1170. The fourth-order valence-electron chi connectivity index (χ4n) is 4.05. The lowest BCUT2D eigenvalue weighted by atomic mass is 10.0. The van der Waals surface area contributed by atoms with Gasteiger partial charge in [-0.05, 0) is 46.5 Å². The zero-order chi connectivity index (χ0) is 19.1. The van der Waals surface area contributed by atoms with Gasteiger partial charge in [0.1, 0.15) is 0 Å². The van der Waals surface area contributed by atoms with E-state index in [9.17, 15) is 0 Å². The highest BCUT2D eigenvalue weighted by molar-refractivity contribution is 6.10. The van der Waals surface area contributed by atoms with E-state index in [0.717, 1.165) is 0 Å². The number of hydrogen-bond donors (Lipinski definition) is 0. The second-order valence-electron chi connectivity index (χ2n) is 7.35. The van der Waals surface area contributed by atoms with Gasteiger partial charge >= 0.3 is 0 Å². The molecular formula is C26H22N2. The van der Waals surface area contributed by atoms with Crippen molar-refractivity contribution in [3.8, 4) is 22.3 Å². The van der Waals surface area contributed by atoms with Crippen molar-refractivity contribution in [3.63, 3.8) is 0 Å². The Morgan fingerprint density at radius 2 is 0.929 bits per heavy atom. The van der Waals surface area contributed by atoms with Crippen molar-refractivity contribution in [1.29, 1.82) is 0 Å². The summed E-state index contributed by atoms with van der Waals surface area (Å²) in [6, 6.07) is 34.7. The zero-order valence-electron chi connectivity index (χ0n) is 16.1. The lowest BCUT2D eigenvalue weighted by Gasteiger charge is -2.17. The van der Waals surface area contributed by atoms with E-state index in [2.05, 4.69) is 121 Å². The third-order valence-corrected chi connectivity index (χ3v) is 5.35. The predicted molar refractivity (Wildman–Crippen MR) is 120 cm³/mol. The molecule has 0 aliphatic carbocycles. The molecule has 5 aromatic rings. The third kappa shape index (κ3) is 2.66. The molecule has 0 amide bonds. The van der Waals surface area contributed by atoms with Crippen molar-refractivity contribution >= 4 is 21.8 Å². The number of nitrogens with zero attached hydrogens (tertiary/aromatic N) is 2. The molecular weight excluding hydrogens is 340 g/mol. The fourth-order valence-corrected chi connectivity index (χ4v) is 4.05. The minimum absolute atomic E-state index is 1.23. The molecule has 136 valence electrons. The lowest BCUT2D eigenvalue weighted by molar-refractivity contribution is 0.788. The van der Waals surface area contributed by atoms with Gasteiger partial charge in [-0.2, -0.15) is 0 Å². The Morgan fingerprint density at radius 1 is 0.500 bits per heavy atom. The van der Waals surface area contributed by atoms with Crippen molar-refractivity contribution in [1.82, 2.24) is 4.68 Å². The minimum atomic E-state index is 1.23. The Kier molecular flexibility index (Phi) is 3.91. The topological polar surface area (TPSA) is 8.17 Å². The molecule has 1 heterocycles. The van der Waals surface area contributed by atoms with Crippen molar-refractivity contribution in [3.05, 3.63) is 97.1 Å². The van der Waals surface area contributed by atoms with E-state index >= 15 is 0 Å². The first kappa shape index (κ1) is 16.6. The smallest absolute Gasteiger partial charge is 0.0708 e. The van der Waals surface area contributed by atoms with Gasteiger partial charge in [0.2, 0.25) is 0 Å². The van der Waals surface area contributed by atoms with E-state index in [4.69, 9.17) is 0 Å². The maximum Gasteiger partial charge on any atom is 0.0708 e. The summed E-state index contributed by atoms with van der Waals surface area (Å²) in [4.78, 5) is 0. The van der Waals surface area contributed by atoms with Crippen LogP contribution in [0, 0.1) is 0 Å². The first-order valence-corrected chi connectivity index (χ1v) is 9.59. The summed E-state index contributed by atoms with van der Waals surface area (Å²) in [7, 11) is 4.18. The van der Waals surface area contributed by atoms with Crippen LogP contribution in [0.5, 0.6) is 0 Å². The van der Waals surface area contributed by atoms with Crippen LogP contribution in [0.3, 0.4) is 0 Å².